The normalized spacial score (nSPS) is 11.5. The minimum atomic E-state index is -4.53. The van der Waals surface area contributed by atoms with Crippen molar-refractivity contribution in [1.82, 2.24) is 16.0 Å². The summed E-state index contributed by atoms with van der Waals surface area (Å²) in [6.45, 7) is 3.41. The lowest BCUT2D eigenvalue weighted by molar-refractivity contribution is -0.123. The van der Waals surface area contributed by atoms with Crippen molar-refractivity contribution in [3.63, 3.8) is 0 Å². The molecule has 0 spiro atoms. The minimum Gasteiger partial charge on any atom is -0.375 e. The molecule has 1 aromatic carbocycles. The summed E-state index contributed by atoms with van der Waals surface area (Å²) in [5.74, 6) is -1.60. The molecule has 0 saturated carbocycles. The summed E-state index contributed by atoms with van der Waals surface area (Å²) < 4.78 is 36.6. The molecule has 0 aliphatic carbocycles. The molecule has 0 aliphatic heterocycles. The maximum Gasteiger partial charge on any atom is 0.405 e. The summed E-state index contributed by atoms with van der Waals surface area (Å²) in [5.41, 5.74) is -0.414. The van der Waals surface area contributed by atoms with E-state index >= 15 is 0 Å². The number of halogens is 3. The smallest absolute Gasteiger partial charge is 0.375 e. The van der Waals surface area contributed by atoms with Crippen LogP contribution < -0.4 is 21.3 Å². The van der Waals surface area contributed by atoms with Crippen molar-refractivity contribution in [2.75, 3.05) is 18.4 Å². The fourth-order valence-corrected chi connectivity index (χ4v) is 1.83. The van der Waals surface area contributed by atoms with Crippen LogP contribution in [0.25, 0.3) is 0 Å². The second-order valence-electron chi connectivity index (χ2n) is 6.45. The minimum absolute atomic E-state index is 0.0521. The molecule has 0 heterocycles. The van der Waals surface area contributed by atoms with Crippen LogP contribution in [0.1, 0.15) is 31.1 Å². The van der Waals surface area contributed by atoms with Crippen LogP contribution in [0.4, 0.5) is 23.7 Å². The first-order valence-electron chi connectivity index (χ1n) is 7.67. The zero-order valence-corrected chi connectivity index (χ0v) is 14.6. The monoisotopic (exact) mass is 374 g/mol. The third-order valence-corrected chi connectivity index (χ3v) is 2.80. The third-order valence-electron chi connectivity index (χ3n) is 2.80. The number of rotatable bonds is 5. The maximum atomic E-state index is 12.2. The van der Waals surface area contributed by atoms with Gasteiger partial charge in [-0.15, -0.1) is 0 Å². The highest BCUT2D eigenvalue weighted by Gasteiger charge is 2.28. The second-order valence-corrected chi connectivity index (χ2v) is 6.45. The molecule has 0 radical (unpaired) electrons. The average Bonchev–Trinajstić information content (AvgIpc) is 2.48. The van der Waals surface area contributed by atoms with Crippen molar-refractivity contribution in [2.45, 2.75) is 32.5 Å². The van der Waals surface area contributed by atoms with Crippen LogP contribution in [-0.2, 0) is 4.79 Å². The van der Waals surface area contributed by atoms with Crippen molar-refractivity contribution in [2.24, 2.45) is 0 Å². The number of imide groups is 1. The highest BCUT2D eigenvalue weighted by molar-refractivity contribution is 6.01. The molecular weight excluding hydrogens is 353 g/mol. The van der Waals surface area contributed by atoms with Gasteiger partial charge in [-0.3, -0.25) is 14.9 Å². The van der Waals surface area contributed by atoms with Gasteiger partial charge in [-0.05, 0) is 32.9 Å². The quantitative estimate of drug-likeness (QED) is 0.634. The largest absolute Gasteiger partial charge is 0.405 e. The van der Waals surface area contributed by atoms with Gasteiger partial charge in [0.2, 0.25) is 5.91 Å². The molecule has 0 saturated heterocycles. The van der Waals surface area contributed by atoms with E-state index in [1.165, 1.54) is 18.2 Å². The predicted molar refractivity (Wildman–Crippen MR) is 89.7 cm³/mol. The van der Waals surface area contributed by atoms with E-state index in [-0.39, 0.29) is 17.8 Å². The van der Waals surface area contributed by atoms with Crippen LogP contribution in [-0.4, -0.2) is 42.7 Å². The van der Waals surface area contributed by atoms with Gasteiger partial charge in [0, 0.05) is 11.2 Å². The SMILES string of the molecule is CC(C)(C)NC(=O)NC(=O)CNc1ccccc1C(=O)NCC(F)(F)F. The first-order chi connectivity index (χ1) is 11.9. The maximum absolute atomic E-state index is 12.2. The summed E-state index contributed by atoms with van der Waals surface area (Å²) in [7, 11) is 0. The molecule has 4 amide bonds. The van der Waals surface area contributed by atoms with Crippen LogP contribution in [0.5, 0.6) is 0 Å². The lowest BCUT2D eigenvalue weighted by Gasteiger charge is -2.20. The molecule has 1 rings (SSSR count). The highest BCUT2D eigenvalue weighted by Crippen LogP contribution is 2.16. The molecule has 0 atom stereocenters. The molecule has 0 unspecified atom stereocenters. The van der Waals surface area contributed by atoms with Gasteiger partial charge in [0.25, 0.3) is 5.91 Å². The summed E-state index contributed by atoms with van der Waals surface area (Å²) in [6, 6.07) is 5.10. The Hall–Kier alpha value is -2.78. The predicted octanol–water partition coefficient (Wildman–Crippen LogP) is 2.01. The molecule has 10 heteroatoms. The van der Waals surface area contributed by atoms with Gasteiger partial charge in [0.05, 0.1) is 12.1 Å². The Morgan fingerprint density at radius 2 is 1.65 bits per heavy atom. The molecule has 1 aromatic rings. The van der Waals surface area contributed by atoms with E-state index in [9.17, 15) is 27.6 Å². The number of benzene rings is 1. The lowest BCUT2D eigenvalue weighted by Crippen LogP contribution is -2.49. The number of para-hydroxylation sites is 1. The number of amides is 4. The first-order valence-corrected chi connectivity index (χ1v) is 7.67. The van der Waals surface area contributed by atoms with E-state index in [1.54, 1.807) is 32.2 Å². The summed E-state index contributed by atoms with van der Waals surface area (Å²) in [5, 5.41) is 9.02. The van der Waals surface area contributed by atoms with Crippen molar-refractivity contribution in [3.8, 4) is 0 Å². The number of anilines is 1. The Labute approximate surface area is 148 Å². The highest BCUT2D eigenvalue weighted by atomic mass is 19.4. The van der Waals surface area contributed by atoms with Crippen molar-refractivity contribution in [1.29, 1.82) is 0 Å². The fraction of sp³-hybridized carbons (Fsp3) is 0.438. The fourth-order valence-electron chi connectivity index (χ4n) is 1.83. The molecule has 144 valence electrons. The molecule has 4 N–H and O–H groups in total. The van der Waals surface area contributed by atoms with Gasteiger partial charge < -0.3 is 16.0 Å². The number of hydrogen-bond acceptors (Lipinski definition) is 4. The molecule has 0 bridgehead atoms. The van der Waals surface area contributed by atoms with E-state index in [2.05, 4.69) is 16.0 Å². The number of nitrogens with one attached hydrogen (secondary N) is 4. The van der Waals surface area contributed by atoms with E-state index in [0.29, 0.717) is 0 Å². The molecule has 0 aromatic heterocycles. The summed E-state index contributed by atoms with van der Waals surface area (Å²) in [4.78, 5) is 35.2. The summed E-state index contributed by atoms with van der Waals surface area (Å²) >= 11 is 0. The zero-order chi connectivity index (χ0) is 20.0. The van der Waals surface area contributed by atoms with E-state index in [1.807, 2.05) is 0 Å². The topological polar surface area (TPSA) is 99.3 Å². The van der Waals surface area contributed by atoms with Crippen LogP contribution >= 0.6 is 0 Å². The third kappa shape index (κ3) is 8.36. The number of alkyl halides is 3. The van der Waals surface area contributed by atoms with E-state index in [4.69, 9.17) is 0 Å². The van der Waals surface area contributed by atoms with Crippen LogP contribution in [0.15, 0.2) is 24.3 Å². The van der Waals surface area contributed by atoms with Gasteiger partial charge >= 0.3 is 12.2 Å². The molecule has 0 fully saturated rings. The van der Waals surface area contributed by atoms with Crippen LogP contribution in [0.3, 0.4) is 0 Å². The standard InChI is InChI=1S/C16H21F3N4O3/c1-15(2,3)23-14(26)22-12(24)8-20-11-7-5-4-6-10(11)13(25)21-9-16(17,18)19/h4-7,20H,8-9H2,1-3H3,(H,21,25)(H2,22,23,24,26). The van der Waals surface area contributed by atoms with E-state index in [0.717, 1.165) is 0 Å². The number of hydrogen-bond donors (Lipinski definition) is 4. The Kier molecular flexibility index (Phi) is 6.99. The number of carbonyl (C=O) groups is 3. The summed E-state index contributed by atoms with van der Waals surface area (Å²) in [6.07, 6.45) is -4.53. The van der Waals surface area contributed by atoms with Crippen molar-refractivity contribution in [3.05, 3.63) is 29.8 Å². The second kappa shape index (κ2) is 8.54. The zero-order valence-electron chi connectivity index (χ0n) is 14.6. The van der Waals surface area contributed by atoms with Gasteiger partial charge in [-0.1, -0.05) is 12.1 Å². The van der Waals surface area contributed by atoms with E-state index < -0.39 is 36.1 Å². The molecule has 26 heavy (non-hydrogen) atoms. The Bertz CT molecular complexity index is 669. The molecule has 0 aliphatic rings. The number of carbonyl (C=O) groups excluding carboxylic acids is 3. The van der Waals surface area contributed by atoms with Crippen LogP contribution in [0, 0.1) is 0 Å². The van der Waals surface area contributed by atoms with Crippen molar-refractivity contribution < 1.29 is 27.6 Å². The first kappa shape index (κ1) is 21.3. The van der Waals surface area contributed by atoms with Gasteiger partial charge in [-0.25, -0.2) is 4.79 Å². The molecule has 7 nitrogen and oxygen atoms in total. The van der Waals surface area contributed by atoms with Gasteiger partial charge in [-0.2, -0.15) is 13.2 Å². The lowest BCUT2D eigenvalue weighted by atomic mass is 10.1. The van der Waals surface area contributed by atoms with Crippen molar-refractivity contribution >= 4 is 23.5 Å². The molecular formula is C16H21F3N4O3. The number of urea groups is 1. The Morgan fingerprint density at radius 3 is 2.23 bits per heavy atom. The van der Waals surface area contributed by atoms with Gasteiger partial charge in [0.15, 0.2) is 0 Å². The van der Waals surface area contributed by atoms with Crippen LogP contribution in [0.2, 0.25) is 0 Å². The Balaban J connectivity index is 2.64. The van der Waals surface area contributed by atoms with Gasteiger partial charge in [0.1, 0.15) is 6.54 Å². The Morgan fingerprint density at radius 1 is 1.04 bits per heavy atom. The average molecular weight is 374 g/mol.